The number of hydrogen-bond acceptors (Lipinski definition) is 3. The number of amides is 1. The van der Waals surface area contributed by atoms with Crippen LogP contribution in [-0.4, -0.2) is 27.2 Å². The first-order chi connectivity index (χ1) is 13.5. The van der Waals surface area contributed by atoms with Crippen molar-refractivity contribution in [1.82, 2.24) is 20.1 Å². The predicted molar refractivity (Wildman–Crippen MR) is 111 cm³/mol. The largest absolute Gasteiger partial charge is 0.354 e. The SMILES string of the molecule is O=C(NCCc1ccc(Cl)cc1)C1CCc2nnc(-c3ccc(Cl)cc3Cl)n21. The van der Waals surface area contributed by atoms with Gasteiger partial charge in [0.2, 0.25) is 5.91 Å². The van der Waals surface area contributed by atoms with Crippen molar-refractivity contribution in [3.8, 4) is 11.4 Å². The maximum atomic E-state index is 12.8. The van der Waals surface area contributed by atoms with Crippen molar-refractivity contribution < 1.29 is 4.79 Å². The second-order valence-electron chi connectivity index (χ2n) is 6.66. The molecule has 1 atom stereocenters. The van der Waals surface area contributed by atoms with Gasteiger partial charge in [0.1, 0.15) is 11.9 Å². The molecular formula is C20H17Cl3N4O. The van der Waals surface area contributed by atoms with Crippen LogP contribution in [0.5, 0.6) is 0 Å². The summed E-state index contributed by atoms with van der Waals surface area (Å²) >= 11 is 18.2. The van der Waals surface area contributed by atoms with Gasteiger partial charge in [-0.1, -0.05) is 46.9 Å². The fraction of sp³-hybridized carbons (Fsp3) is 0.250. The molecule has 0 fully saturated rings. The number of nitrogens with one attached hydrogen (secondary N) is 1. The molecule has 1 aromatic heterocycles. The van der Waals surface area contributed by atoms with E-state index in [2.05, 4.69) is 15.5 Å². The van der Waals surface area contributed by atoms with E-state index in [1.807, 2.05) is 28.8 Å². The average molecular weight is 436 g/mol. The molecule has 0 bridgehead atoms. The van der Waals surface area contributed by atoms with Crippen molar-refractivity contribution in [2.24, 2.45) is 0 Å². The Morgan fingerprint density at radius 3 is 2.57 bits per heavy atom. The third-order valence-corrected chi connectivity index (χ3v) is 5.62. The van der Waals surface area contributed by atoms with E-state index in [9.17, 15) is 4.79 Å². The van der Waals surface area contributed by atoms with Gasteiger partial charge in [0, 0.05) is 28.6 Å². The molecule has 0 saturated heterocycles. The zero-order chi connectivity index (χ0) is 19.7. The molecule has 0 saturated carbocycles. The first-order valence-electron chi connectivity index (χ1n) is 8.94. The summed E-state index contributed by atoms with van der Waals surface area (Å²) in [6.07, 6.45) is 2.13. The van der Waals surface area contributed by atoms with Crippen LogP contribution in [0.25, 0.3) is 11.4 Å². The number of aromatic nitrogens is 3. The summed E-state index contributed by atoms with van der Waals surface area (Å²) in [5, 5.41) is 13.2. The highest BCUT2D eigenvalue weighted by atomic mass is 35.5. The van der Waals surface area contributed by atoms with Crippen LogP contribution < -0.4 is 5.32 Å². The molecule has 1 aliphatic heterocycles. The number of carbonyl (C=O) groups excluding carboxylic acids is 1. The minimum absolute atomic E-state index is 0.0427. The summed E-state index contributed by atoms with van der Waals surface area (Å²) in [6, 6.07) is 12.5. The lowest BCUT2D eigenvalue weighted by molar-refractivity contribution is -0.124. The molecule has 5 nitrogen and oxygen atoms in total. The topological polar surface area (TPSA) is 59.8 Å². The standard InChI is InChI=1S/C20H17Cl3N4O/c21-13-3-1-12(2-4-13)9-10-24-20(28)17-7-8-18-25-26-19(27(17)18)15-6-5-14(22)11-16(15)23/h1-6,11,17H,7-10H2,(H,24,28). The van der Waals surface area contributed by atoms with E-state index in [0.29, 0.717) is 45.8 Å². The average Bonchev–Trinajstić information content (AvgIpc) is 3.26. The summed E-state index contributed by atoms with van der Waals surface area (Å²) in [5.74, 6) is 1.34. The van der Waals surface area contributed by atoms with Crippen molar-refractivity contribution in [2.45, 2.75) is 25.3 Å². The fourth-order valence-electron chi connectivity index (χ4n) is 3.42. The van der Waals surface area contributed by atoms with Gasteiger partial charge in [-0.15, -0.1) is 10.2 Å². The van der Waals surface area contributed by atoms with Gasteiger partial charge >= 0.3 is 0 Å². The van der Waals surface area contributed by atoms with Crippen LogP contribution in [0.15, 0.2) is 42.5 Å². The second-order valence-corrected chi connectivity index (χ2v) is 7.94. The quantitative estimate of drug-likeness (QED) is 0.629. The number of aryl methyl sites for hydroxylation is 1. The van der Waals surface area contributed by atoms with E-state index in [4.69, 9.17) is 34.8 Å². The van der Waals surface area contributed by atoms with E-state index in [0.717, 1.165) is 17.8 Å². The maximum absolute atomic E-state index is 12.8. The van der Waals surface area contributed by atoms with E-state index < -0.39 is 0 Å². The summed E-state index contributed by atoms with van der Waals surface area (Å²) in [4.78, 5) is 12.8. The number of benzene rings is 2. The van der Waals surface area contributed by atoms with E-state index in [1.165, 1.54) is 0 Å². The molecule has 1 amide bonds. The minimum atomic E-state index is -0.350. The van der Waals surface area contributed by atoms with Gasteiger partial charge in [-0.25, -0.2) is 0 Å². The van der Waals surface area contributed by atoms with E-state index in [1.54, 1.807) is 18.2 Å². The third kappa shape index (κ3) is 3.88. The Hall–Kier alpha value is -2.08. The van der Waals surface area contributed by atoms with Gasteiger partial charge in [-0.2, -0.15) is 0 Å². The molecule has 144 valence electrons. The number of hydrogen-bond donors (Lipinski definition) is 1. The molecule has 1 N–H and O–H groups in total. The molecule has 0 spiro atoms. The van der Waals surface area contributed by atoms with Crippen LogP contribution in [0.1, 0.15) is 23.9 Å². The van der Waals surface area contributed by atoms with Crippen molar-refractivity contribution in [2.75, 3.05) is 6.54 Å². The first-order valence-corrected chi connectivity index (χ1v) is 10.1. The second kappa shape index (κ2) is 8.11. The number of carbonyl (C=O) groups is 1. The fourth-order valence-corrected chi connectivity index (χ4v) is 4.04. The molecule has 3 aromatic rings. The number of rotatable bonds is 5. The molecule has 2 aromatic carbocycles. The molecule has 0 radical (unpaired) electrons. The van der Waals surface area contributed by atoms with Crippen LogP contribution in [0.4, 0.5) is 0 Å². The third-order valence-electron chi connectivity index (χ3n) is 4.82. The number of nitrogens with zero attached hydrogens (tertiary/aromatic N) is 3. The molecule has 28 heavy (non-hydrogen) atoms. The number of fused-ring (bicyclic) bond motifs is 1. The Bertz CT molecular complexity index is 1020. The molecule has 8 heteroatoms. The van der Waals surface area contributed by atoms with Gasteiger partial charge in [-0.3, -0.25) is 9.36 Å². The highest BCUT2D eigenvalue weighted by Gasteiger charge is 2.33. The predicted octanol–water partition coefficient (Wildman–Crippen LogP) is 4.75. The Labute approximate surface area is 177 Å². The lowest BCUT2D eigenvalue weighted by atomic mass is 10.1. The highest BCUT2D eigenvalue weighted by molar-refractivity contribution is 6.36. The molecule has 2 heterocycles. The monoisotopic (exact) mass is 434 g/mol. The summed E-state index contributed by atoms with van der Waals surface area (Å²) in [6.45, 7) is 0.547. The first kappa shape index (κ1) is 19.2. The maximum Gasteiger partial charge on any atom is 0.243 e. The number of halogens is 3. The molecular weight excluding hydrogens is 419 g/mol. The van der Waals surface area contributed by atoms with E-state index >= 15 is 0 Å². The van der Waals surface area contributed by atoms with Crippen LogP contribution >= 0.6 is 34.8 Å². The van der Waals surface area contributed by atoms with Gasteiger partial charge in [0.15, 0.2) is 5.82 Å². The normalized spacial score (nSPS) is 15.5. The van der Waals surface area contributed by atoms with Gasteiger partial charge in [-0.05, 0) is 48.7 Å². The molecule has 4 rings (SSSR count). The van der Waals surface area contributed by atoms with Crippen LogP contribution in [-0.2, 0) is 17.6 Å². The highest BCUT2D eigenvalue weighted by Crippen LogP contribution is 2.35. The van der Waals surface area contributed by atoms with Crippen LogP contribution in [0, 0.1) is 0 Å². The summed E-state index contributed by atoms with van der Waals surface area (Å²) in [5.41, 5.74) is 1.83. The van der Waals surface area contributed by atoms with Gasteiger partial charge < -0.3 is 5.32 Å². The lowest BCUT2D eigenvalue weighted by Gasteiger charge is -2.16. The smallest absolute Gasteiger partial charge is 0.243 e. The molecule has 0 aliphatic carbocycles. The zero-order valence-electron chi connectivity index (χ0n) is 14.8. The van der Waals surface area contributed by atoms with Gasteiger partial charge in [0.25, 0.3) is 0 Å². The molecule has 1 unspecified atom stereocenters. The Kier molecular flexibility index (Phi) is 5.58. The van der Waals surface area contributed by atoms with Crippen molar-refractivity contribution in [1.29, 1.82) is 0 Å². The summed E-state index contributed by atoms with van der Waals surface area (Å²) in [7, 11) is 0. The van der Waals surface area contributed by atoms with Gasteiger partial charge in [0.05, 0.1) is 5.02 Å². The summed E-state index contributed by atoms with van der Waals surface area (Å²) < 4.78 is 1.88. The van der Waals surface area contributed by atoms with Crippen LogP contribution in [0.3, 0.4) is 0 Å². The van der Waals surface area contributed by atoms with Crippen molar-refractivity contribution in [3.63, 3.8) is 0 Å². The lowest BCUT2D eigenvalue weighted by Crippen LogP contribution is -2.32. The van der Waals surface area contributed by atoms with E-state index in [-0.39, 0.29) is 11.9 Å². The Balaban J connectivity index is 1.48. The Morgan fingerprint density at radius 2 is 1.82 bits per heavy atom. The van der Waals surface area contributed by atoms with Crippen molar-refractivity contribution >= 4 is 40.7 Å². The van der Waals surface area contributed by atoms with Crippen LogP contribution in [0.2, 0.25) is 15.1 Å². The van der Waals surface area contributed by atoms with Crippen molar-refractivity contribution in [3.05, 3.63) is 68.9 Å². The minimum Gasteiger partial charge on any atom is -0.354 e. The Morgan fingerprint density at radius 1 is 1.07 bits per heavy atom. The zero-order valence-corrected chi connectivity index (χ0v) is 17.1. The molecule has 1 aliphatic rings.